The zero-order chi connectivity index (χ0) is 15.0. The molecule has 0 aliphatic carbocycles. The number of nitrogens with zero attached hydrogens (tertiary/aromatic N) is 2. The van der Waals surface area contributed by atoms with E-state index < -0.39 is 12.0 Å². The second-order valence-electron chi connectivity index (χ2n) is 4.39. The molecule has 0 atom stereocenters. The SMILES string of the molecule is FC(F)(F)c1nc(=S)cc(-c2ccc3cccnc3c2)[nH]1. The molecule has 2 aromatic heterocycles. The van der Waals surface area contributed by atoms with Crippen molar-refractivity contribution in [3.05, 3.63) is 53.1 Å². The maximum absolute atomic E-state index is 12.8. The fourth-order valence-corrected chi connectivity index (χ4v) is 2.19. The zero-order valence-corrected chi connectivity index (χ0v) is 11.3. The molecule has 0 fully saturated rings. The van der Waals surface area contributed by atoms with Crippen molar-refractivity contribution in [3.63, 3.8) is 0 Å². The van der Waals surface area contributed by atoms with Crippen LogP contribution in [-0.2, 0) is 6.18 Å². The van der Waals surface area contributed by atoms with Gasteiger partial charge in [0.15, 0.2) is 0 Å². The molecule has 0 amide bonds. The molecule has 106 valence electrons. The lowest BCUT2D eigenvalue weighted by atomic mass is 10.1. The topological polar surface area (TPSA) is 41.6 Å². The fraction of sp³-hybridized carbons (Fsp3) is 0.0714. The van der Waals surface area contributed by atoms with Crippen LogP contribution in [0.4, 0.5) is 13.2 Å². The summed E-state index contributed by atoms with van der Waals surface area (Å²) in [5, 5.41) is 0.907. The van der Waals surface area contributed by atoms with Crippen LogP contribution in [0.3, 0.4) is 0 Å². The molecule has 0 unspecified atom stereocenters. The van der Waals surface area contributed by atoms with E-state index in [1.54, 1.807) is 30.5 Å². The first-order chi connectivity index (χ1) is 9.93. The number of pyridine rings is 1. The molecular formula is C14H8F3N3S. The second-order valence-corrected chi connectivity index (χ2v) is 4.81. The van der Waals surface area contributed by atoms with E-state index in [2.05, 4.69) is 15.0 Å². The molecule has 3 aromatic rings. The average molecular weight is 307 g/mol. The van der Waals surface area contributed by atoms with Gasteiger partial charge in [0.25, 0.3) is 0 Å². The highest BCUT2D eigenvalue weighted by atomic mass is 32.1. The number of aromatic nitrogens is 3. The van der Waals surface area contributed by atoms with Crippen LogP contribution in [0.1, 0.15) is 5.82 Å². The molecule has 3 nitrogen and oxygen atoms in total. The monoisotopic (exact) mass is 307 g/mol. The van der Waals surface area contributed by atoms with E-state index >= 15 is 0 Å². The first kappa shape index (κ1) is 13.7. The van der Waals surface area contributed by atoms with Crippen LogP contribution in [0.5, 0.6) is 0 Å². The molecule has 0 radical (unpaired) electrons. The zero-order valence-electron chi connectivity index (χ0n) is 10.5. The van der Waals surface area contributed by atoms with Gasteiger partial charge in [0, 0.05) is 17.1 Å². The van der Waals surface area contributed by atoms with Gasteiger partial charge < -0.3 is 4.98 Å². The van der Waals surface area contributed by atoms with Gasteiger partial charge in [-0.25, -0.2) is 4.98 Å². The van der Waals surface area contributed by atoms with Gasteiger partial charge in [-0.15, -0.1) is 0 Å². The summed E-state index contributed by atoms with van der Waals surface area (Å²) >= 11 is 4.81. The first-order valence-electron chi connectivity index (χ1n) is 5.97. The second kappa shape index (κ2) is 4.92. The lowest BCUT2D eigenvalue weighted by molar-refractivity contribution is -0.144. The smallest absolute Gasteiger partial charge is 0.336 e. The van der Waals surface area contributed by atoms with E-state index in [1.807, 2.05) is 6.07 Å². The maximum atomic E-state index is 12.8. The number of hydrogen-bond donors (Lipinski definition) is 1. The van der Waals surface area contributed by atoms with Crippen molar-refractivity contribution in [2.75, 3.05) is 0 Å². The third-order valence-electron chi connectivity index (χ3n) is 2.93. The molecule has 3 rings (SSSR count). The summed E-state index contributed by atoms with van der Waals surface area (Å²) < 4.78 is 38.2. The largest absolute Gasteiger partial charge is 0.449 e. The van der Waals surface area contributed by atoms with Crippen LogP contribution >= 0.6 is 12.2 Å². The summed E-state index contributed by atoms with van der Waals surface area (Å²) in [5.74, 6) is -1.11. The summed E-state index contributed by atoms with van der Waals surface area (Å²) in [7, 11) is 0. The number of alkyl halides is 3. The van der Waals surface area contributed by atoms with Crippen molar-refractivity contribution >= 4 is 23.1 Å². The van der Waals surface area contributed by atoms with Gasteiger partial charge in [0.05, 0.1) is 11.2 Å². The van der Waals surface area contributed by atoms with Crippen LogP contribution in [0.25, 0.3) is 22.2 Å². The number of benzene rings is 1. The van der Waals surface area contributed by atoms with Crippen LogP contribution in [-0.4, -0.2) is 15.0 Å². The predicted molar refractivity (Wildman–Crippen MR) is 75.2 cm³/mol. The third-order valence-corrected chi connectivity index (χ3v) is 3.14. The van der Waals surface area contributed by atoms with Crippen molar-refractivity contribution in [3.8, 4) is 11.3 Å². The number of aromatic amines is 1. The number of fused-ring (bicyclic) bond motifs is 1. The molecule has 0 saturated carbocycles. The molecule has 0 aliphatic heterocycles. The summed E-state index contributed by atoms with van der Waals surface area (Å²) in [4.78, 5) is 9.77. The standard InChI is InChI=1S/C14H8F3N3S/c15-14(16,17)13-19-11(7-12(21)20-13)9-4-3-8-2-1-5-18-10(8)6-9/h1-7H,(H,19,20,21). The van der Waals surface area contributed by atoms with Crippen molar-refractivity contribution in [2.24, 2.45) is 0 Å². The van der Waals surface area contributed by atoms with Gasteiger partial charge in [0.1, 0.15) is 4.64 Å². The third kappa shape index (κ3) is 2.78. The highest BCUT2D eigenvalue weighted by Crippen LogP contribution is 2.28. The average Bonchev–Trinajstić information content (AvgIpc) is 2.45. The Hall–Kier alpha value is -2.28. The van der Waals surface area contributed by atoms with Crippen molar-refractivity contribution in [1.29, 1.82) is 0 Å². The first-order valence-corrected chi connectivity index (χ1v) is 6.38. The molecule has 7 heteroatoms. The maximum Gasteiger partial charge on any atom is 0.449 e. The number of nitrogens with one attached hydrogen (secondary N) is 1. The van der Waals surface area contributed by atoms with E-state index in [0.717, 1.165) is 5.39 Å². The summed E-state index contributed by atoms with van der Waals surface area (Å²) in [6, 6.07) is 10.3. The van der Waals surface area contributed by atoms with Crippen molar-refractivity contribution in [2.45, 2.75) is 6.18 Å². The normalized spacial score (nSPS) is 11.8. The minimum absolute atomic E-state index is 0.114. The lowest BCUT2D eigenvalue weighted by Gasteiger charge is -2.09. The molecule has 2 heterocycles. The van der Waals surface area contributed by atoms with Gasteiger partial charge in [-0.05, 0) is 18.2 Å². The van der Waals surface area contributed by atoms with Crippen LogP contribution in [0, 0.1) is 4.64 Å². The summed E-state index contributed by atoms with van der Waals surface area (Å²) in [6.45, 7) is 0. The predicted octanol–water partition coefficient (Wildman–Crippen LogP) is 4.37. The number of hydrogen-bond acceptors (Lipinski definition) is 3. The lowest BCUT2D eigenvalue weighted by Crippen LogP contribution is -2.11. The van der Waals surface area contributed by atoms with Gasteiger partial charge in [-0.3, -0.25) is 4.98 Å². The van der Waals surface area contributed by atoms with E-state index in [-0.39, 0.29) is 10.3 Å². The van der Waals surface area contributed by atoms with Gasteiger partial charge in [-0.1, -0.05) is 30.4 Å². The van der Waals surface area contributed by atoms with E-state index in [4.69, 9.17) is 12.2 Å². The van der Waals surface area contributed by atoms with Crippen LogP contribution in [0.2, 0.25) is 0 Å². The Morgan fingerprint density at radius 2 is 1.90 bits per heavy atom. The molecule has 21 heavy (non-hydrogen) atoms. The minimum Gasteiger partial charge on any atom is -0.336 e. The Morgan fingerprint density at radius 3 is 2.67 bits per heavy atom. The summed E-state index contributed by atoms with van der Waals surface area (Å²) in [5.41, 5.74) is 1.52. The Kier molecular flexibility index (Phi) is 3.21. The Morgan fingerprint density at radius 1 is 1.10 bits per heavy atom. The number of halogens is 3. The van der Waals surface area contributed by atoms with Gasteiger partial charge >= 0.3 is 6.18 Å². The van der Waals surface area contributed by atoms with Crippen LogP contribution in [0.15, 0.2) is 42.6 Å². The number of H-pyrrole nitrogens is 1. The minimum atomic E-state index is -4.57. The Balaban J connectivity index is 2.18. The highest BCUT2D eigenvalue weighted by Gasteiger charge is 2.34. The van der Waals surface area contributed by atoms with E-state index in [1.165, 1.54) is 6.07 Å². The fourth-order valence-electron chi connectivity index (χ4n) is 1.98. The summed E-state index contributed by atoms with van der Waals surface area (Å²) in [6.07, 6.45) is -2.94. The molecule has 0 saturated heterocycles. The number of rotatable bonds is 1. The quantitative estimate of drug-likeness (QED) is 0.679. The van der Waals surface area contributed by atoms with Crippen LogP contribution < -0.4 is 0 Å². The molecule has 1 N–H and O–H groups in total. The molecule has 1 aromatic carbocycles. The van der Waals surface area contributed by atoms with Crippen molar-refractivity contribution in [1.82, 2.24) is 15.0 Å². The molecule has 0 bridgehead atoms. The highest BCUT2D eigenvalue weighted by molar-refractivity contribution is 7.71. The van der Waals surface area contributed by atoms with E-state index in [0.29, 0.717) is 11.1 Å². The Labute approximate surface area is 122 Å². The molecule has 0 aliphatic rings. The van der Waals surface area contributed by atoms with Gasteiger partial charge in [-0.2, -0.15) is 13.2 Å². The van der Waals surface area contributed by atoms with Gasteiger partial charge in [0.2, 0.25) is 5.82 Å². The van der Waals surface area contributed by atoms with E-state index in [9.17, 15) is 13.2 Å². The molecular weight excluding hydrogens is 299 g/mol. The molecule has 0 spiro atoms. The van der Waals surface area contributed by atoms with Crippen molar-refractivity contribution < 1.29 is 13.2 Å². The Bertz CT molecular complexity index is 871.